The van der Waals surface area contributed by atoms with E-state index < -0.39 is 5.97 Å². The largest absolute Gasteiger partial charge is 0.493 e. The summed E-state index contributed by atoms with van der Waals surface area (Å²) in [6.07, 6.45) is 0. The van der Waals surface area contributed by atoms with Crippen LogP contribution < -0.4 is 14.8 Å². The van der Waals surface area contributed by atoms with Gasteiger partial charge in [0.2, 0.25) is 0 Å². The molecule has 2 aromatic carbocycles. The number of esters is 1. The molecule has 2 rings (SSSR count). The molecule has 22 heavy (non-hydrogen) atoms. The van der Waals surface area contributed by atoms with Gasteiger partial charge in [-0.05, 0) is 30.3 Å². The van der Waals surface area contributed by atoms with Crippen LogP contribution in [-0.4, -0.2) is 25.5 Å². The summed E-state index contributed by atoms with van der Waals surface area (Å²) in [4.78, 5) is 23.7. The van der Waals surface area contributed by atoms with Crippen molar-refractivity contribution in [2.45, 2.75) is 0 Å². The molecule has 0 aromatic heterocycles. The van der Waals surface area contributed by atoms with Crippen LogP contribution >= 0.6 is 15.9 Å². The van der Waals surface area contributed by atoms with Gasteiger partial charge in [0.25, 0.3) is 5.91 Å². The average molecular weight is 364 g/mol. The highest BCUT2D eigenvalue weighted by Gasteiger charge is 2.12. The van der Waals surface area contributed by atoms with Crippen LogP contribution in [0.15, 0.2) is 53.0 Å². The SMILES string of the molecule is COc1ccccc1OC(=O)CNC(=O)c1cccc(Br)c1. The van der Waals surface area contributed by atoms with Gasteiger partial charge in [0, 0.05) is 10.0 Å². The summed E-state index contributed by atoms with van der Waals surface area (Å²) in [5, 5.41) is 2.51. The second-order valence-electron chi connectivity index (χ2n) is 4.32. The number of hydrogen-bond donors (Lipinski definition) is 1. The number of amides is 1. The molecule has 6 heteroatoms. The van der Waals surface area contributed by atoms with Gasteiger partial charge in [-0.2, -0.15) is 0 Å². The molecular formula is C16H14BrNO4. The molecular weight excluding hydrogens is 350 g/mol. The van der Waals surface area contributed by atoms with Crippen LogP contribution in [0, 0.1) is 0 Å². The second kappa shape index (κ2) is 7.61. The number of hydrogen-bond acceptors (Lipinski definition) is 4. The van der Waals surface area contributed by atoms with Crippen LogP contribution in [0.4, 0.5) is 0 Å². The summed E-state index contributed by atoms with van der Waals surface area (Å²) in [5.74, 6) is -0.160. The van der Waals surface area contributed by atoms with Crippen molar-refractivity contribution < 1.29 is 19.1 Å². The fraction of sp³-hybridized carbons (Fsp3) is 0.125. The number of para-hydroxylation sites is 2. The van der Waals surface area contributed by atoms with E-state index in [4.69, 9.17) is 9.47 Å². The predicted molar refractivity (Wildman–Crippen MR) is 85.1 cm³/mol. The minimum absolute atomic E-state index is 0.233. The third-order valence-corrected chi connectivity index (χ3v) is 3.27. The molecule has 0 aliphatic rings. The Morgan fingerprint density at radius 2 is 1.82 bits per heavy atom. The summed E-state index contributed by atoms with van der Waals surface area (Å²) in [6, 6.07) is 13.7. The van der Waals surface area contributed by atoms with E-state index >= 15 is 0 Å². The molecule has 1 N–H and O–H groups in total. The normalized spacial score (nSPS) is 9.91. The van der Waals surface area contributed by atoms with E-state index in [2.05, 4.69) is 21.2 Å². The molecule has 2 aromatic rings. The van der Waals surface area contributed by atoms with Crippen LogP contribution in [0.2, 0.25) is 0 Å². The van der Waals surface area contributed by atoms with Crippen LogP contribution in [0.25, 0.3) is 0 Å². The van der Waals surface area contributed by atoms with Gasteiger partial charge in [0.05, 0.1) is 7.11 Å². The Kier molecular flexibility index (Phi) is 5.55. The van der Waals surface area contributed by atoms with E-state index in [1.54, 1.807) is 42.5 Å². The van der Waals surface area contributed by atoms with Gasteiger partial charge >= 0.3 is 5.97 Å². The smallest absolute Gasteiger partial charge is 0.330 e. The molecule has 0 saturated carbocycles. The molecule has 0 saturated heterocycles. The van der Waals surface area contributed by atoms with E-state index in [-0.39, 0.29) is 12.5 Å². The first-order chi connectivity index (χ1) is 10.6. The first-order valence-corrected chi connectivity index (χ1v) is 7.27. The topological polar surface area (TPSA) is 64.6 Å². The Balaban J connectivity index is 1.91. The number of carbonyl (C=O) groups excluding carboxylic acids is 2. The zero-order valence-corrected chi connectivity index (χ0v) is 13.4. The van der Waals surface area contributed by atoms with Gasteiger partial charge in [-0.3, -0.25) is 4.79 Å². The number of benzene rings is 2. The Labute approximate surface area is 136 Å². The highest BCUT2D eigenvalue weighted by atomic mass is 79.9. The Bertz CT molecular complexity index is 687. The fourth-order valence-electron chi connectivity index (χ4n) is 1.75. The molecule has 0 unspecified atom stereocenters. The molecule has 0 atom stereocenters. The number of ether oxygens (including phenoxy) is 2. The molecule has 0 fully saturated rings. The average Bonchev–Trinajstić information content (AvgIpc) is 2.53. The van der Waals surface area contributed by atoms with Crippen molar-refractivity contribution in [3.05, 3.63) is 58.6 Å². The highest BCUT2D eigenvalue weighted by Crippen LogP contribution is 2.25. The van der Waals surface area contributed by atoms with Crippen LogP contribution in [0.3, 0.4) is 0 Å². The van der Waals surface area contributed by atoms with Crippen molar-refractivity contribution in [3.63, 3.8) is 0 Å². The van der Waals surface area contributed by atoms with E-state index in [1.807, 2.05) is 6.07 Å². The lowest BCUT2D eigenvalue weighted by Gasteiger charge is -2.09. The Hall–Kier alpha value is -2.34. The zero-order valence-electron chi connectivity index (χ0n) is 11.8. The van der Waals surface area contributed by atoms with Gasteiger partial charge < -0.3 is 14.8 Å². The summed E-state index contributed by atoms with van der Waals surface area (Å²) in [6.45, 7) is -0.233. The lowest BCUT2D eigenvalue weighted by molar-refractivity contribution is -0.133. The van der Waals surface area contributed by atoms with E-state index in [0.717, 1.165) is 4.47 Å². The van der Waals surface area contributed by atoms with Gasteiger partial charge in [0.15, 0.2) is 11.5 Å². The fourth-order valence-corrected chi connectivity index (χ4v) is 2.15. The Morgan fingerprint density at radius 1 is 1.09 bits per heavy atom. The molecule has 5 nitrogen and oxygen atoms in total. The molecule has 0 bridgehead atoms. The van der Waals surface area contributed by atoms with Crippen LogP contribution in [0.1, 0.15) is 10.4 Å². The second-order valence-corrected chi connectivity index (χ2v) is 5.23. The van der Waals surface area contributed by atoms with Crippen molar-refractivity contribution in [2.75, 3.05) is 13.7 Å². The highest BCUT2D eigenvalue weighted by molar-refractivity contribution is 9.10. The standard InChI is InChI=1S/C16H14BrNO4/c1-21-13-7-2-3-8-14(13)22-15(19)10-18-16(20)11-5-4-6-12(17)9-11/h2-9H,10H2,1H3,(H,18,20). The summed E-state index contributed by atoms with van der Waals surface area (Å²) >= 11 is 3.29. The molecule has 0 aliphatic heterocycles. The minimum Gasteiger partial charge on any atom is -0.493 e. The van der Waals surface area contributed by atoms with E-state index in [1.165, 1.54) is 7.11 Å². The lowest BCUT2D eigenvalue weighted by Crippen LogP contribution is -2.31. The third kappa shape index (κ3) is 4.33. The molecule has 0 aliphatic carbocycles. The number of nitrogens with one attached hydrogen (secondary N) is 1. The summed E-state index contributed by atoms with van der Waals surface area (Å²) in [5.41, 5.74) is 0.458. The number of carbonyl (C=O) groups is 2. The molecule has 0 heterocycles. The van der Waals surface area contributed by atoms with Crippen LogP contribution in [-0.2, 0) is 4.79 Å². The maximum atomic E-state index is 11.9. The van der Waals surface area contributed by atoms with Gasteiger partial charge in [-0.25, -0.2) is 4.79 Å². The third-order valence-electron chi connectivity index (χ3n) is 2.77. The maximum absolute atomic E-state index is 11.9. The van der Waals surface area contributed by atoms with Crippen molar-refractivity contribution in [1.82, 2.24) is 5.32 Å². The van der Waals surface area contributed by atoms with E-state index in [9.17, 15) is 9.59 Å². The van der Waals surface area contributed by atoms with Gasteiger partial charge in [0.1, 0.15) is 6.54 Å². The van der Waals surface area contributed by atoms with Crippen molar-refractivity contribution in [1.29, 1.82) is 0 Å². The molecule has 0 radical (unpaired) electrons. The number of halogens is 1. The van der Waals surface area contributed by atoms with Crippen molar-refractivity contribution in [3.8, 4) is 11.5 Å². The molecule has 0 spiro atoms. The van der Waals surface area contributed by atoms with Crippen molar-refractivity contribution in [2.24, 2.45) is 0 Å². The van der Waals surface area contributed by atoms with Crippen molar-refractivity contribution >= 4 is 27.8 Å². The monoisotopic (exact) mass is 363 g/mol. The predicted octanol–water partition coefficient (Wildman–Crippen LogP) is 2.79. The Morgan fingerprint density at radius 3 is 2.50 bits per heavy atom. The lowest BCUT2D eigenvalue weighted by atomic mass is 10.2. The molecule has 114 valence electrons. The quantitative estimate of drug-likeness (QED) is 0.655. The summed E-state index contributed by atoms with van der Waals surface area (Å²) in [7, 11) is 1.49. The minimum atomic E-state index is -0.576. The maximum Gasteiger partial charge on any atom is 0.330 e. The number of rotatable bonds is 5. The number of methoxy groups -OCH3 is 1. The first kappa shape index (κ1) is 16.0. The van der Waals surface area contributed by atoms with Gasteiger partial charge in [-0.1, -0.05) is 34.1 Å². The van der Waals surface area contributed by atoms with Gasteiger partial charge in [-0.15, -0.1) is 0 Å². The summed E-state index contributed by atoms with van der Waals surface area (Å²) < 4.78 is 11.0. The first-order valence-electron chi connectivity index (χ1n) is 6.47. The van der Waals surface area contributed by atoms with E-state index in [0.29, 0.717) is 17.1 Å². The zero-order chi connectivity index (χ0) is 15.9. The van der Waals surface area contributed by atoms with Crippen LogP contribution in [0.5, 0.6) is 11.5 Å². The molecule has 1 amide bonds.